The summed E-state index contributed by atoms with van der Waals surface area (Å²) in [5.41, 5.74) is 0. The summed E-state index contributed by atoms with van der Waals surface area (Å²) in [5.74, 6) is -0.0514. The third kappa shape index (κ3) is 61.3. The summed E-state index contributed by atoms with van der Waals surface area (Å²) in [6.07, 6.45) is 83.8. The topological polar surface area (TPSA) is 95.9 Å². The van der Waals surface area contributed by atoms with Crippen LogP contribution < -0.4 is 5.32 Å². The van der Waals surface area contributed by atoms with Gasteiger partial charge in [-0.15, -0.1) is 0 Å². The molecule has 0 heterocycles. The van der Waals surface area contributed by atoms with Crippen molar-refractivity contribution in [2.24, 2.45) is 0 Å². The molecule has 0 aromatic heterocycles. The van der Waals surface area contributed by atoms with E-state index in [0.717, 1.165) is 51.4 Å². The van der Waals surface area contributed by atoms with Crippen LogP contribution in [0.25, 0.3) is 0 Å². The maximum atomic E-state index is 12.4. The van der Waals surface area contributed by atoms with E-state index in [4.69, 9.17) is 4.74 Å². The lowest BCUT2D eigenvalue weighted by Crippen LogP contribution is -2.45. The molecule has 0 aliphatic carbocycles. The number of unbranched alkanes of at least 4 members (excludes halogenated alkanes) is 49. The van der Waals surface area contributed by atoms with Gasteiger partial charge in [0, 0.05) is 12.8 Å². The van der Waals surface area contributed by atoms with E-state index in [0.29, 0.717) is 19.4 Å². The van der Waals surface area contributed by atoms with Crippen LogP contribution in [0.3, 0.4) is 0 Å². The summed E-state index contributed by atoms with van der Waals surface area (Å²) in [7, 11) is 0. The third-order valence-electron chi connectivity index (χ3n) is 15.9. The SMILES string of the molecule is CCCCCC/C=C\C/C=C\CCCCCCCCCC(=O)OCCCCCCCCCCCCCCCCCCCCCCCCCCCCCCCCCCC(=O)NC(CO)C(O)/C=C/CCCCCCCCC. The van der Waals surface area contributed by atoms with E-state index in [1.807, 2.05) is 6.08 Å². The van der Waals surface area contributed by atoms with Crippen LogP contribution in [-0.2, 0) is 14.3 Å². The molecule has 2 unspecified atom stereocenters. The molecule has 3 N–H and O–H groups in total. The lowest BCUT2D eigenvalue weighted by Gasteiger charge is -2.20. The van der Waals surface area contributed by atoms with E-state index in [1.165, 1.54) is 295 Å². The van der Waals surface area contributed by atoms with E-state index >= 15 is 0 Å². The van der Waals surface area contributed by atoms with Crippen molar-refractivity contribution in [2.75, 3.05) is 13.2 Å². The number of rotatable bonds is 64. The molecule has 1 amide bonds. The largest absolute Gasteiger partial charge is 0.466 e. The standard InChI is InChI=1S/C70H133NO5/c1-3-5-7-9-11-13-14-15-16-17-35-38-41-44-48-52-56-60-64-70(75)76-65-61-57-53-49-45-42-39-36-33-31-29-27-25-23-21-19-18-20-22-24-26-28-30-32-34-37-40-43-47-51-55-59-63-69(74)71-67(66-72)68(73)62-58-54-50-46-12-10-8-6-4-2/h13-14,16-17,58,62,67-68,72-73H,3-12,15,18-57,59-61,63-66H2,1-2H3,(H,71,74)/b14-13-,17-16-,62-58+. The van der Waals surface area contributed by atoms with Gasteiger partial charge in [-0.25, -0.2) is 0 Å². The van der Waals surface area contributed by atoms with Crippen LogP contribution >= 0.6 is 0 Å². The minimum Gasteiger partial charge on any atom is -0.466 e. The first-order valence-corrected chi connectivity index (χ1v) is 34.3. The fourth-order valence-electron chi connectivity index (χ4n) is 10.7. The number of carbonyl (C=O) groups is 2. The lowest BCUT2D eigenvalue weighted by atomic mass is 10.0. The molecule has 6 nitrogen and oxygen atoms in total. The van der Waals surface area contributed by atoms with Crippen LogP contribution in [0.2, 0.25) is 0 Å². The van der Waals surface area contributed by atoms with Gasteiger partial charge in [0.05, 0.1) is 25.4 Å². The number of ether oxygens (including phenoxy) is 1. The van der Waals surface area contributed by atoms with Crippen molar-refractivity contribution >= 4 is 11.9 Å². The van der Waals surface area contributed by atoms with Crippen LogP contribution in [0.4, 0.5) is 0 Å². The zero-order chi connectivity index (χ0) is 55.0. The smallest absolute Gasteiger partial charge is 0.305 e. The molecule has 0 aliphatic heterocycles. The van der Waals surface area contributed by atoms with Crippen LogP contribution in [0, 0.1) is 0 Å². The molecular formula is C70H133NO5. The molecule has 0 radical (unpaired) electrons. The quantitative estimate of drug-likeness (QED) is 0.0320. The Morgan fingerprint density at radius 3 is 1.01 bits per heavy atom. The summed E-state index contributed by atoms with van der Waals surface area (Å²) in [6.45, 7) is 4.88. The van der Waals surface area contributed by atoms with Gasteiger partial charge in [-0.2, -0.15) is 0 Å². The van der Waals surface area contributed by atoms with E-state index in [9.17, 15) is 19.8 Å². The average Bonchev–Trinajstić information content (AvgIpc) is 3.42. The molecule has 0 rings (SSSR count). The molecule has 6 heteroatoms. The van der Waals surface area contributed by atoms with E-state index in [1.54, 1.807) is 6.08 Å². The first-order chi connectivity index (χ1) is 37.5. The molecule has 0 aliphatic rings. The number of esters is 1. The minimum atomic E-state index is -0.839. The van der Waals surface area contributed by atoms with Gasteiger partial charge < -0.3 is 20.3 Å². The van der Waals surface area contributed by atoms with Gasteiger partial charge in [0.1, 0.15) is 0 Å². The van der Waals surface area contributed by atoms with Crippen molar-refractivity contribution in [3.63, 3.8) is 0 Å². The fourth-order valence-corrected chi connectivity index (χ4v) is 10.7. The van der Waals surface area contributed by atoms with Gasteiger partial charge in [-0.1, -0.05) is 333 Å². The summed E-state index contributed by atoms with van der Waals surface area (Å²) >= 11 is 0. The molecule has 0 fully saturated rings. The third-order valence-corrected chi connectivity index (χ3v) is 15.9. The van der Waals surface area contributed by atoms with Gasteiger partial charge in [0.2, 0.25) is 5.91 Å². The Morgan fingerprint density at radius 2 is 0.658 bits per heavy atom. The summed E-state index contributed by atoms with van der Waals surface area (Å²) < 4.78 is 5.50. The highest BCUT2D eigenvalue weighted by atomic mass is 16.5. The van der Waals surface area contributed by atoms with Gasteiger partial charge in [-0.3, -0.25) is 9.59 Å². The fraction of sp³-hybridized carbons (Fsp3) is 0.886. The molecule has 76 heavy (non-hydrogen) atoms. The molecular weight excluding hydrogens is 935 g/mol. The van der Waals surface area contributed by atoms with Gasteiger partial charge in [0.25, 0.3) is 0 Å². The van der Waals surface area contributed by atoms with Gasteiger partial charge in [0.15, 0.2) is 0 Å². The summed E-state index contributed by atoms with van der Waals surface area (Å²) in [5, 5.41) is 23.0. The van der Waals surface area contributed by atoms with Crippen molar-refractivity contribution in [3.8, 4) is 0 Å². The summed E-state index contributed by atoms with van der Waals surface area (Å²) in [6, 6.07) is -0.622. The zero-order valence-corrected chi connectivity index (χ0v) is 51.3. The van der Waals surface area contributed by atoms with Crippen LogP contribution in [0.5, 0.6) is 0 Å². The molecule has 0 aromatic rings. The maximum absolute atomic E-state index is 12.4. The average molecular weight is 1070 g/mol. The first-order valence-electron chi connectivity index (χ1n) is 34.3. The van der Waals surface area contributed by atoms with Crippen LogP contribution in [0.1, 0.15) is 373 Å². The minimum absolute atomic E-state index is 0.0137. The number of aliphatic hydroxyl groups excluding tert-OH is 2. The lowest BCUT2D eigenvalue weighted by molar-refractivity contribution is -0.143. The van der Waals surface area contributed by atoms with E-state index in [-0.39, 0.29) is 18.5 Å². The van der Waals surface area contributed by atoms with Crippen molar-refractivity contribution in [1.29, 1.82) is 0 Å². The number of hydrogen-bond acceptors (Lipinski definition) is 5. The predicted octanol–water partition coefficient (Wildman–Crippen LogP) is 21.9. The highest BCUT2D eigenvalue weighted by molar-refractivity contribution is 5.76. The number of aliphatic hydroxyl groups is 2. The van der Waals surface area contributed by atoms with Crippen LogP contribution in [0.15, 0.2) is 36.5 Å². The second-order valence-electron chi connectivity index (χ2n) is 23.5. The van der Waals surface area contributed by atoms with E-state index < -0.39 is 12.1 Å². The van der Waals surface area contributed by atoms with Crippen molar-refractivity contribution in [3.05, 3.63) is 36.5 Å². The Labute approximate surface area is 474 Å². The highest BCUT2D eigenvalue weighted by Gasteiger charge is 2.18. The van der Waals surface area contributed by atoms with Crippen molar-refractivity contribution < 1.29 is 24.5 Å². The molecule has 0 saturated carbocycles. The van der Waals surface area contributed by atoms with Crippen LogP contribution in [-0.4, -0.2) is 47.4 Å². The second-order valence-corrected chi connectivity index (χ2v) is 23.5. The van der Waals surface area contributed by atoms with Crippen molar-refractivity contribution in [2.45, 2.75) is 386 Å². The summed E-state index contributed by atoms with van der Waals surface area (Å²) in [4.78, 5) is 24.5. The van der Waals surface area contributed by atoms with Gasteiger partial charge in [-0.05, 0) is 64.2 Å². The Kier molecular flexibility index (Phi) is 63.9. The van der Waals surface area contributed by atoms with Gasteiger partial charge >= 0.3 is 5.97 Å². The molecule has 2 atom stereocenters. The first kappa shape index (κ1) is 74.1. The molecule has 448 valence electrons. The zero-order valence-electron chi connectivity index (χ0n) is 51.3. The monoisotopic (exact) mass is 1070 g/mol. The Hall–Kier alpha value is -1.92. The molecule has 0 spiro atoms. The maximum Gasteiger partial charge on any atom is 0.305 e. The van der Waals surface area contributed by atoms with Crippen molar-refractivity contribution in [1.82, 2.24) is 5.32 Å². The highest BCUT2D eigenvalue weighted by Crippen LogP contribution is 2.18. The second kappa shape index (κ2) is 65.6. The van der Waals surface area contributed by atoms with E-state index in [2.05, 4.69) is 43.5 Å². The number of allylic oxidation sites excluding steroid dienone is 5. The Bertz CT molecular complexity index is 1230. The number of nitrogens with one attached hydrogen (secondary N) is 1. The number of carbonyl (C=O) groups excluding carboxylic acids is 2. The molecule has 0 bridgehead atoms. The number of amides is 1. The predicted molar refractivity (Wildman–Crippen MR) is 333 cm³/mol. The Balaban J connectivity index is 3.30. The molecule has 0 saturated heterocycles. The number of hydrogen-bond donors (Lipinski definition) is 3. The molecule has 0 aromatic carbocycles. The Morgan fingerprint density at radius 1 is 0.368 bits per heavy atom. The normalized spacial score (nSPS) is 12.7.